The lowest BCUT2D eigenvalue weighted by molar-refractivity contribution is -0.870. The fourth-order valence-electron chi connectivity index (χ4n) is 9.13. The van der Waals surface area contributed by atoms with E-state index in [-0.39, 0.29) is 18.9 Å². The SMILES string of the molecule is C/C=C/CC/C=C/CC/C=C/CCCC(O)C(O)C(COP(=O)([O-])OCC[N+](C)(C)C)NC(=O)CCCCCCCCCCCCCCCCCCCCCCCCCC/C=C\C/C=C\C/C=C\CCCCCCC. The minimum atomic E-state index is -4.69. The van der Waals surface area contributed by atoms with Gasteiger partial charge in [-0.3, -0.25) is 9.36 Å². The van der Waals surface area contributed by atoms with Crippen LogP contribution in [0.2, 0.25) is 0 Å². The molecule has 0 aromatic heterocycles. The number of phosphoric ester groups is 1. The van der Waals surface area contributed by atoms with Crippen LogP contribution in [0.5, 0.6) is 0 Å². The summed E-state index contributed by atoms with van der Waals surface area (Å²) in [5.41, 5.74) is 0. The summed E-state index contributed by atoms with van der Waals surface area (Å²) in [5.74, 6) is -0.293. The van der Waals surface area contributed by atoms with Crippen LogP contribution in [-0.4, -0.2) is 79.8 Å². The van der Waals surface area contributed by atoms with E-state index < -0.39 is 32.7 Å². The van der Waals surface area contributed by atoms with Gasteiger partial charge in [-0.15, -0.1) is 0 Å². The number of rotatable bonds is 57. The Balaban J connectivity index is 3.96. The quantitative estimate of drug-likeness (QED) is 0.0239. The van der Waals surface area contributed by atoms with E-state index in [1.54, 1.807) is 0 Å². The number of hydrogen-bond acceptors (Lipinski definition) is 7. The molecule has 0 saturated carbocycles. The first-order valence-electron chi connectivity index (χ1n) is 31.3. The molecule has 10 heteroatoms. The number of unbranched alkanes of at least 4 members (excludes halogenated alkanes) is 32. The topological polar surface area (TPSA) is 128 Å². The van der Waals surface area contributed by atoms with E-state index in [4.69, 9.17) is 9.05 Å². The number of hydrogen-bond donors (Lipinski definition) is 3. The summed E-state index contributed by atoms with van der Waals surface area (Å²) in [6.45, 7) is 4.19. The highest BCUT2D eigenvalue weighted by molar-refractivity contribution is 7.45. The number of quaternary nitrogens is 1. The molecule has 4 atom stereocenters. The minimum absolute atomic E-state index is 0.0510. The molecule has 0 saturated heterocycles. The summed E-state index contributed by atoms with van der Waals surface area (Å²) < 4.78 is 23.2. The average molecular weight is 1070 g/mol. The van der Waals surface area contributed by atoms with Crippen molar-refractivity contribution in [2.24, 2.45) is 0 Å². The Kier molecular flexibility index (Phi) is 53.7. The fraction of sp³-hybridized carbons (Fsp3) is 0.800. The van der Waals surface area contributed by atoms with Crippen molar-refractivity contribution in [3.63, 3.8) is 0 Å². The first kappa shape index (κ1) is 72.9. The molecule has 0 aromatic rings. The lowest BCUT2D eigenvalue weighted by Crippen LogP contribution is -2.51. The molecule has 3 N–H and O–H groups in total. The number of amides is 1. The van der Waals surface area contributed by atoms with Crippen LogP contribution in [0.3, 0.4) is 0 Å². The molecule has 75 heavy (non-hydrogen) atoms. The van der Waals surface area contributed by atoms with Gasteiger partial charge in [0.15, 0.2) is 0 Å². The second-order valence-corrected chi connectivity index (χ2v) is 23.9. The molecule has 0 aliphatic heterocycles. The van der Waals surface area contributed by atoms with Crippen molar-refractivity contribution in [3.8, 4) is 0 Å². The molecule has 0 aromatic carbocycles. The molecular formula is C65H121N2O7P. The van der Waals surface area contributed by atoms with E-state index in [1.165, 1.54) is 173 Å². The van der Waals surface area contributed by atoms with Crippen LogP contribution < -0.4 is 10.2 Å². The summed E-state index contributed by atoms with van der Waals surface area (Å²) in [6.07, 6.45) is 73.1. The van der Waals surface area contributed by atoms with E-state index in [1.807, 2.05) is 28.1 Å². The van der Waals surface area contributed by atoms with Gasteiger partial charge in [-0.1, -0.05) is 247 Å². The van der Waals surface area contributed by atoms with Crippen molar-refractivity contribution in [2.45, 2.75) is 295 Å². The van der Waals surface area contributed by atoms with Gasteiger partial charge in [-0.2, -0.15) is 0 Å². The zero-order chi connectivity index (χ0) is 55.0. The summed E-state index contributed by atoms with van der Waals surface area (Å²) in [7, 11) is 1.09. The van der Waals surface area contributed by atoms with E-state index in [9.17, 15) is 24.5 Å². The molecule has 1 amide bonds. The van der Waals surface area contributed by atoms with Crippen LogP contribution in [0.15, 0.2) is 72.9 Å². The summed E-state index contributed by atoms with van der Waals surface area (Å²) >= 11 is 0. The number of carbonyl (C=O) groups excluding carboxylic acids is 1. The van der Waals surface area contributed by atoms with Gasteiger partial charge in [0, 0.05) is 6.42 Å². The second-order valence-electron chi connectivity index (χ2n) is 22.5. The van der Waals surface area contributed by atoms with Gasteiger partial charge in [0.2, 0.25) is 5.91 Å². The minimum Gasteiger partial charge on any atom is -0.756 e. The number of phosphoric acid groups is 1. The lowest BCUT2D eigenvalue weighted by atomic mass is 10.0. The Morgan fingerprint density at radius 3 is 1.29 bits per heavy atom. The molecule has 0 radical (unpaired) electrons. The maximum atomic E-state index is 13.0. The number of nitrogens with one attached hydrogen (secondary N) is 1. The highest BCUT2D eigenvalue weighted by Gasteiger charge is 2.29. The van der Waals surface area contributed by atoms with Crippen molar-refractivity contribution < 1.29 is 38.0 Å². The Morgan fingerprint density at radius 2 is 0.867 bits per heavy atom. The zero-order valence-electron chi connectivity index (χ0n) is 49.6. The van der Waals surface area contributed by atoms with Gasteiger partial charge in [-0.25, -0.2) is 0 Å². The number of allylic oxidation sites excluding steroid dienone is 12. The Morgan fingerprint density at radius 1 is 0.507 bits per heavy atom. The van der Waals surface area contributed by atoms with Crippen molar-refractivity contribution in [2.75, 3.05) is 40.9 Å². The fourth-order valence-corrected chi connectivity index (χ4v) is 9.85. The first-order chi connectivity index (χ1) is 36.4. The Hall–Kier alpha value is -2.10. The van der Waals surface area contributed by atoms with Gasteiger partial charge < -0.3 is 34.0 Å². The summed E-state index contributed by atoms with van der Waals surface area (Å²) in [6, 6.07) is -1.10. The second kappa shape index (κ2) is 55.2. The number of likely N-dealkylation sites (N-methyl/N-ethyl adjacent to an activating group) is 1. The molecule has 0 aliphatic carbocycles. The van der Waals surface area contributed by atoms with E-state index in [0.717, 1.165) is 64.2 Å². The standard InChI is InChI=1S/C65H121N2O7P/c1-6-8-10-12-14-16-18-20-21-22-23-24-25-26-27-28-29-30-31-32-33-34-35-36-37-38-39-40-41-42-43-44-45-46-48-50-52-54-56-58-64(69)66-62(61-74-75(71,72)73-60-59-67(3,4)5)65(70)63(68)57-55-53-51-49-47-19-17-15-13-11-9-7-2/h7,9,15,17-18,20,22-23,25-26,49,51,62-63,65,68,70H,6,8,10-14,16,19,21,24,27-48,50,52-61H2,1-5H3,(H-,66,69,71,72)/b9-7+,17-15+,20-18-,23-22-,26-25-,51-49+. The summed E-state index contributed by atoms with van der Waals surface area (Å²) in [4.78, 5) is 25.5. The lowest BCUT2D eigenvalue weighted by Gasteiger charge is -2.31. The molecule has 0 bridgehead atoms. The van der Waals surface area contributed by atoms with Gasteiger partial charge in [0.1, 0.15) is 19.3 Å². The summed E-state index contributed by atoms with van der Waals surface area (Å²) in [5, 5.41) is 24.7. The highest BCUT2D eigenvalue weighted by Crippen LogP contribution is 2.38. The van der Waals surface area contributed by atoms with E-state index >= 15 is 0 Å². The number of aliphatic hydroxyl groups excluding tert-OH is 2. The monoisotopic (exact) mass is 1070 g/mol. The third-order valence-electron chi connectivity index (χ3n) is 14.1. The van der Waals surface area contributed by atoms with Crippen molar-refractivity contribution in [3.05, 3.63) is 72.9 Å². The van der Waals surface area contributed by atoms with Crippen LogP contribution in [-0.2, 0) is 18.4 Å². The number of nitrogens with zero attached hydrogens (tertiary/aromatic N) is 1. The molecule has 0 spiro atoms. The van der Waals surface area contributed by atoms with E-state index in [0.29, 0.717) is 30.3 Å². The maximum absolute atomic E-state index is 13.0. The van der Waals surface area contributed by atoms with Gasteiger partial charge >= 0.3 is 0 Å². The number of aliphatic hydroxyl groups is 2. The first-order valence-corrected chi connectivity index (χ1v) is 32.8. The van der Waals surface area contributed by atoms with Crippen LogP contribution in [0.25, 0.3) is 0 Å². The van der Waals surface area contributed by atoms with Gasteiger partial charge in [-0.05, 0) is 96.8 Å². The third-order valence-corrected chi connectivity index (χ3v) is 15.0. The van der Waals surface area contributed by atoms with Gasteiger partial charge in [0.25, 0.3) is 7.82 Å². The Bertz CT molecular complexity index is 1470. The molecule has 0 rings (SSSR count). The largest absolute Gasteiger partial charge is 0.756 e. The maximum Gasteiger partial charge on any atom is 0.268 e. The normalized spacial score (nSPS) is 14.7. The van der Waals surface area contributed by atoms with Crippen LogP contribution in [0.4, 0.5) is 0 Å². The molecular weight excluding hydrogens is 952 g/mol. The average Bonchev–Trinajstić information content (AvgIpc) is 3.37. The third kappa shape index (κ3) is 56.4. The van der Waals surface area contributed by atoms with Crippen LogP contribution >= 0.6 is 7.82 Å². The highest BCUT2D eigenvalue weighted by atomic mass is 31.2. The molecule has 438 valence electrons. The molecule has 0 aliphatic rings. The zero-order valence-corrected chi connectivity index (χ0v) is 50.5. The van der Waals surface area contributed by atoms with Gasteiger partial charge in [0.05, 0.1) is 39.9 Å². The van der Waals surface area contributed by atoms with E-state index in [2.05, 4.69) is 85.2 Å². The molecule has 4 unspecified atom stereocenters. The molecule has 0 heterocycles. The molecule has 0 fully saturated rings. The predicted molar refractivity (Wildman–Crippen MR) is 322 cm³/mol. The van der Waals surface area contributed by atoms with Crippen LogP contribution in [0.1, 0.15) is 277 Å². The van der Waals surface area contributed by atoms with Crippen LogP contribution in [0, 0.1) is 0 Å². The predicted octanol–water partition coefficient (Wildman–Crippen LogP) is 17.8. The molecule has 9 nitrogen and oxygen atoms in total. The van der Waals surface area contributed by atoms with Crippen molar-refractivity contribution >= 4 is 13.7 Å². The van der Waals surface area contributed by atoms with Crippen molar-refractivity contribution in [1.82, 2.24) is 5.32 Å². The smallest absolute Gasteiger partial charge is 0.268 e. The Labute approximate surface area is 464 Å². The number of carbonyl (C=O) groups is 1. The van der Waals surface area contributed by atoms with Crippen molar-refractivity contribution in [1.29, 1.82) is 0 Å².